The lowest BCUT2D eigenvalue weighted by Gasteiger charge is -2.01. The molecule has 0 spiro atoms. The summed E-state index contributed by atoms with van der Waals surface area (Å²) in [5.41, 5.74) is 0.535. The first-order valence-corrected chi connectivity index (χ1v) is 4.40. The first kappa shape index (κ1) is 10.5. The minimum absolute atomic E-state index is 0.159. The van der Waals surface area contributed by atoms with E-state index in [9.17, 15) is 4.79 Å². The van der Waals surface area contributed by atoms with Crippen LogP contribution in [-0.2, 0) is 4.74 Å². The number of carbonyl (C=O) groups excluding carboxylic acids is 1. The molecule has 0 fully saturated rings. The van der Waals surface area contributed by atoms with Gasteiger partial charge in [0.15, 0.2) is 5.69 Å². The first-order valence-electron chi connectivity index (χ1n) is 3.99. The fourth-order valence-corrected chi connectivity index (χ4v) is 0.991. The second-order valence-corrected chi connectivity index (χ2v) is 2.48. The first-order chi connectivity index (χ1) is 6.79. The predicted molar refractivity (Wildman–Crippen MR) is 54.9 cm³/mol. The van der Waals surface area contributed by atoms with E-state index in [4.69, 9.17) is 4.74 Å². The molecule has 0 N–H and O–H groups in total. The summed E-state index contributed by atoms with van der Waals surface area (Å²) in [5, 5.41) is 2.18. The van der Waals surface area contributed by atoms with Gasteiger partial charge >= 0.3 is 5.97 Å². The molecule has 0 atom stereocenters. The Bertz CT molecular complexity index is 386. The van der Waals surface area contributed by atoms with Crippen molar-refractivity contribution >= 4 is 29.0 Å². The molecule has 1 heterocycles. The summed E-state index contributed by atoms with van der Waals surface area (Å²) in [5.74, 6) is -0.503. The van der Waals surface area contributed by atoms with Crippen molar-refractivity contribution < 1.29 is 9.53 Å². The number of hydrogen-bond donors (Lipinski definition) is 0. The summed E-state index contributed by atoms with van der Waals surface area (Å²) in [6.07, 6.45) is 1.49. The molecule has 72 valence electrons. The summed E-state index contributed by atoms with van der Waals surface area (Å²) in [6, 6.07) is 3.28. The van der Waals surface area contributed by atoms with E-state index < -0.39 is 5.97 Å². The van der Waals surface area contributed by atoms with Crippen molar-refractivity contribution in [3.8, 4) is 0 Å². The monoisotopic (exact) mass is 208 g/mol. The molecule has 5 heteroatoms. The lowest BCUT2D eigenvalue weighted by Crippen LogP contribution is -2.06. The third-order valence-electron chi connectivity index (χ3n) is 1.42. The number of aromatic nitrogens is 1. The Balaban J connectivity index is 3.06. The quantitative estimate of drug-likeness (QED) is 0.433. The number of isothiocyanates is 1. The van der Waals surface area contributed by atoms with E-state index in [1.54, 1.807) is 19.1 Å². The fourth-order valence-electron chi connectivity index (χ4n) is 0.893. The van der Waals surface area contributed by atoms with Gasteiger partial charge in [0, 0.05) is 6.20 Å². The molecule has 0 bridgehead atoms. The Labute approximate surface area is 86.6 Å². The van der Waals surface area contributed by atoms with Crippen molar-refractivity contribution in [1.82, 2.24) is 4.98 Å². The molecule has 4 nitrogen and oxygen atoms in total. The number of nitrogens with zero attached hydrogens (tertiary/aromatic N) is 2. The zero-order chi connectivity index (χ0) is 10.4. The molecule has 0 radical (unpaired) electrons. The highest BCUT2D eigenvalue weighted by molar-refractivity contribution is 7.78. The van der Waals surface area contributed by atoms with Crippen molar-refractivity contribution in [3.05, 3.63) is 24.0 Å². The minimum Gasteiger partial charge on any atom is -0.461 e. The summed E-state index contributed by atoms with van der Waals surface area (Å²) in [4.78, 5) is 18.9. The third-order valence-corrected chi connectivity index (χ3v) is 1.51. The largest absolute Gasteiger partial charge is 0.461 e. The molecule has 0 amide bonds. The fraction of sp³-hybridized carbons (Fsp3) is 0.222. The summed E-state index contributed by atoms with van der Waals surface area (Å²) < 4.78 is 4.79. The molecule has 1 aromatic rings. The molecule has 14 heavy (non-hydrogen) atoms. The number of thiocarbonyl (C=S) groups is 1. The predicted octanol–water partition coefficient (Wildman–Crippen LogP) is 1.99. The van der Waals surface area contributed by atoms with Gasteiger partial charge in [0.2, 0.25) is 0 Å². The lowest BCUT2D eigenvalue weighted by atomic mass is 10.3. The van der Waals surface area contributed by atoms with Gasteiger partial charge in [-0.15, -0.1) is 0 Å². The second kappa shape index (κ2) is 5.21. The highest BCUT2D eigenvalue weighted by Gasteiger charge is 2.12. The van der Waals surface area contributed by atoms with Crippen LogP contribution in [0.4, 0.5) is 5.69 Å². The Kier molecular flexibility index (Phi) is 3.91. The van der Waals surface area contributed by atoms with E-state index in [-0.39, 0.29) is 5.69 Å². The maximum absolute atomic E-state index is 11.3. The van der Waals surface area contributed by atoms with E-state index in [0.717, 1.165) is 0 Å². The number of carbonyl (C=O) groups is 1. The van der Waals surface area contributed by atoms with Gasteiger partial charge in [-0.2, -0.15) is 4.99 Å². The van der Waals surface area contributed by atoms with Gasteiger partial charge in [-0.1, -0.05) is 0 Å². The minimum atomic E-state index is -0.503. The third kappa shape index (κ3) is 2.45. The van der Waals surface area contributed by atoms with Gasteiger partial charge in [-0.3, -0.25) is 0 Å². The summed E-state index contributed by atoms with van der Waals surface area (Å²) in [6.45, 7) is 2.03. The Morgan fingerprint density at radius 2 is 2.57 bits per heavy atom. The van der Waals surface area contributed by atoms with E-state index >= 15 is 0 Å². The number of ether oxygens (including phenoxy) is 1. The smallest absolute Gasteiger partial charge is 0.359 e. The van der Waals surface area contributed by atoms with Crippen LogP contribution in [0.1, 0.15) is 17.4 Å². The van der Waals surface area contributed by atoms with Crippen LogP contribution >= 0.6 is 12.2 Å². The zero-order valence-corrected chi connectivity index (χ0v) is 8.37. The Morgan fingerprint density at radius 3 is 3.21 bits per heavy atom. The zero-order valence-electron chi connectivity index (χ0n) is 7.56. The highest BCUT2D eigenvalue weighted by Crippen LogP contribution is 2.16. The molecule has 1 rings (SSSR count). The summed E-state index contributed by atoms with van der Waals surface area (Å²) in [7, 11) is 0. The van der Waals surface area contributed by atoms with E-state index in [1.165, 1.54) is 6.20 Å². The van der Waals surface area contributed by atoms with Crippen molar-refractivity contribution in [2.24, 2.45) is 4.99 Å². The number of hydrogen-bond acceptors (Lipinski definition) is 5. The van der Waals surface area contributed by atoms with Gasteiger partial charge in [0.05, 0.1) is 11.8 Å². The van der Waals surface area contributed by atoms with Crippen molar-refractivity contribution in [1.29, 1.82) is 0 Å². The normalized spacial score (nSPS) is 8.93. The van der Waals surface area contributed by atoms with Gasteiger partial charge < -0.3 is 4.74 Å². The molecule has 0 aliphatic heterocycles. The highest BCUT2D eigenvalue weighted by atomic mass is 32.1. The van der Waals surface area contributed by atoms with E-state index in [0.29, 0.717) is 12.3 Å². The number of esters is 1. The standard InChI is InChI=1S/C9H8N2O2S/c1-2-13-9(12)8-7(11-6-14)4-3-5-10-8/h3-5H,2H2,1H3. The molecule has 0 aliphatic rings. The molecular weight excluding hydrogens is 200 g/mol. The van der Waals surface area contributed by atoms with Crippen LogP contribution < -0.4 is 0 Å². The van der Waals surface area contributed by atoms with Crippen LogP contribution in [0.5, 0.6) is 0 Å². The molecule has 0 saturated heterocycles. The van der Waals surface area contributed by atoms with Crippen molar-refractivity contribution in [2.75, 3.05) is 6.61 Å². The average molecular weight is 208 g/mol. The van der Waals surface area contributed by atoms with Crippen LogP contribution in [0.2, 0.25) is 0 Å². The van der Waals surface area contributed by atoms with Crippen molar-refractivity contribution in [3.63, 3.8) is 0 Å². The maximum Gasteiger partial charge on any atom is 0.359 e. The van der Waals surface area contributed by atoms with Crippen LogP contribution in [0, 0.1) is 0 Å². The van der Waals surface area contributed by atoms with Gasteiger partial charge in [0.1, 0.15) is 5.69 Å². The molecule has 1 aromatic heterocycles. The van der Waals surface area contributed by atoms with Crippen molar-refractivity contribution in [2.45, 2.75) is 6.92 Å². The molecule has 0 unspecified atom stereocenters. The molecule has 0 aromatic carbocycles. The number of pyridine rings is 1. The maximum atomic E-state index is 11.3. The molecule has 0 aliphatic carbocycles. The SMILES string of the molecule is CCOC(=O)c1ncccc1N=C=S. The molecule has 0 saturated carbocycles. The van der Waals surface area contributed by atoms with Crippen LogP contribution in [0.3, 0.4) is 0 Å². The van der Waals surface area contributed by atoms with Gasteiger partial charge in [-0.05, 0) is 31.3 Å². The van der Waals surface area contributed by atoms with Crippen LogP contribution in [0.15, 0.2) is 23.3 Å². The number of aliphatic imine (C=N–C) groups is 1. The second-order valence-electron chi connectivity index (χ2n) is 2.29. The van der Waals surface area contributed by atoms with E-state index in [1.807, 2.05) is 0 Å². The number of rotatable bonds is 3. The Morgan fingerprint density at radius 1 is 1.79 bits per heavy atom. The van der Waals surface area contributed by atoms with Crippen LogP contribution in [-0.4, -0.2) is 22.7 Å². The van der Waals surface area contributed by atoms with Crippen LogP contribution in [0.25, 0.3) is 0 Å². The average Bonchev–Trinajstić information content (AvgIpc) is 2.19. The Hall–Kier alpha value is -1.58. The van der Waals surface area contributed by atoms with Gasteiger partial charge in [-0.25, -0.2) is 9.78 Å². The molecular formula is C9H8N2O2S. The van der Waals surface area contributed by atoms with E-state index in [2.05, 4.69) is 27.4 Å². The van der Waals surface area contributed by atoms with Gasteiger partial charge in [0.25, 0.3) is 0 Å². The lowest BCUT2D eigenvalue weighted by molar-refractivity contribution is 0.0520. The summed E-state index contributed by atoms with van der Waals surface area (Å²) >= 11 is 4.45. The topological polar surface area (TPSA) is 51.5 Å².